The smallest absolute Gasteiger partial charge is 0.349 e. The van der Waals surface area contributed by atoms with Crippen LogP contribution in [0.25, 0.3) is 10.9 Å². The quantitative estimate of drug-likeness (QED) is 0.450. The van der Waals surface area contributed by atoms with Crippen LogP contribution in [0.2, 0.25) is 0 Å². The highest BCUT2D eigenvalue weighted by Gasteiger charge is 2.49. The Labute approximate surface area is 189 Å². The summed E-state index contributed by atoms with van der Waals surface area (Å²) in [7, 11) is 0. The fourth-order valence-corrected chi connectivity index (χ4v) is 5.57. The summed E-state index contributed by atoms with van der Waals surface area (Å²) in [6, 6.07) is 11.0. The van der Waals surface area contributed by atoms with Crippen molar-refractivity contribution < 1.29 is 22.4 Å². The van der Waals surface area contributed by atoms with E-state index in [0.29, 0.717) is 5.92 Å². The van der Waals surface area contributed by atoms with E-state index in [0.717, 1.165) is 67.1 Å². The van der Waals surface area contributed by atoms with Crippen LogP contribution in [-0.4, -0.2) is 16.9 Å². The third kappa shape index (κ3) is 4.09. The van der Waals surface area contributed by atoms with Crippen LogP contribution < -0.4 is 5.32 Å². The zero-order valence-electron chi connectivity index (χ0n) is 18.0. The first kappa shape index (κ1) is 21.9. The normalized spacial score (nSPS) is 25.1. The lowest BCUT2D eigenvalue weighted by atomic mass is 9.55. The van der Waals surface area contributed by atoms with Gasteiger partial charge in [0.05, 0.1) is 11.1 Å². The van der Waals surface area contributed by atoms with Gasteiger partial charge in [-0.2, -0.15) is 13.2 Å². The molecule has 0 aliphatic heterocycles. The predicted octanol–water partition coefficient (Wildman–Crippen LogP) is 6.63. The molecular formula is C26H24F4N2O. The van der Waals surface area contributed by atoms with Crippen LogP contribution in [0, 0.1) is 11.2 Å². The molecule has 2 aliphatic carbocycles. The van der Waals surface area contributed by atoms with Crippen LogP contribution in [0.5, 0.6) is 0 Å². The van der Waals surface area contributed by atoms with Gasteiger partial charge in [0, 0.05) is 23.2 Å². The molecule has 1 atom stereocenters. The second-order valence-electron chi connectivity index (χ2n) is 9.34. The molecule has 0 unspecified atom stereocenters. The van der Waals surface area contributed by atoms with E-state index < -0.39 is 11.7 Å². The van der Waals surface area contributed by atoms with Gasteiger partial charge in [-0.1, -0.05) is 0 Å². The number of carbonyl (C=O) groups excluding carboxylic acids is 1. The highest BCUT2D eigenvalue weighted by Crippen LogP contribution is 2.55. The van der Waals surface area contributed by atoms with Crippen molar-refractivity contribution >= 4 is 16.8 Å². The van der Waals surface area contributed by atoms with Gasteiger partial charge >= 0.3 is 6.18 Å². The molecule has 2 aliphatic rings. The summed E-state index contributed by atoms with van der Waals surface area (Å²) < 4.78 is 52.2. The average molecular weight is 456 g/mol. The second-order valence-corrected chi connectivity index (χ2v) is 9.34. The standard InChI is InChI=1S/C26H24F4N2O/c27-19-5-6-22-21(15-19)20(10-14-31-22)16-7-11-25(12-8-16)13-9-23(25)32-24(33)17-1-3-18(4-2-17)26(28,29)30/h1-6,10,14-16,23H,7-9,11-13H2,(H,32,33)/t16-,23-,25+/m0/s1. The number of fused-ring (bicyclic) bond motifs is 1. The van der Waals surface area contributed by atoms with Crippen LogP contribution in [0.3, 0.4) is 0 Å². The Bertz CT molecular complexity index is 1180. The van der Waals surface area contributed by atoms with E-state index in [-0.39, 0.29) is 28.7 Å². The number of hydrogen-bond donors (Lipinski definition) is 1. The summed E-state index contributed by atoms with van der Waals surface area (Å²) in [5, 5.41) is 3.92. The summed E-state index contributed by atoms with van der Waals surface area (Å²) in [4.78, 5) is 17.0. The molecule has 1 heterocycles. The van der Waals surface area contributed by atoms with E-state index in [1.54, 1.807) is 18.3 Å². The topological polar surface area (TPSA) is 42.0 Å². The van der Waals surface area contributed by atoms with Gasteiger partial charge in [0.2, 0.25) is 0 Å². The van der Waals surface area contributed by atoms with Crippen molar-refractivity contribution in [1.29, 1.82) is 0 Å². The Balaban J connectivity index is 1.25. The van der Waals surface area contributed by atoms with Crippen LogP contribution in [0.15, 0.2) is 54.7 Å². The number of halogens is 4. The molecule has 0 radical (unpaired) electrons. The fourth-order valence-electron chi connectivity index (χ4n) is 5.57. The molecule has 7 heteroatoms. The van der Waals surface area contributed by atoms with Gasteiger partial charge in [-0.05, 0) is 104 Å². The highest BCUT2D eigenvalue weighted by atomic mass is 19.4. The third-order valence-electron chi connectivity index (χ3n) is 7.61. The van der Waals surface area contributed by atoms with E-state index in [2.05, 4.69) is 10.3 Å². The maximum absolute atomic E-state index is 13.8. The summed E-state index contributed by atoms with van der Waals surface area (Å²) in [6.45, 7) is 0. The average Bonchev–Trinajstić information content (AvgIpc) is 2.81. The van der Waals surface area contributed by atoms with Crippen LogP contribution in [0.1, 0.15) is 65.9 Å². The van der Waals surface area contributed by atoms with E-state index >= 15 is 0 Å². The maximum atomic E-state index is 13.8. The van der Waals surface area contributed by atoms with Crippen LogP contribution in [-0.2, 0) is 6.18 Å². The molecule has 172 valence electrons. The van der Waals surface area contributed by atoms with Crippen molar-refractivity contribution in [3.63, 3.8) is 0 Å². The van der Waals surface area contributed by atoms with Gasteiger partial charge in [-0.25, -0.2) is 4.39 Å². The number of nitrogens with zero attached hydrogens (tertiary/aromatic N) is 1. The van der Waals surface area contributed by atoms with Crippen LogP contribution in [0.4, 0.5) is 17.6 Å². The molecule has 33 heavy (non-hydrogen) atoms. The zero-order valence-corrected chi connectivity index (χ0v) is 18.0. The molecule has 1 N–H and O–H groups in total. The minimum Gasteiger partial charge on any atom is -0.349 e. The van der Waals surface area contributed by atoms with Crippen molar-refractivity contribution in [1.82, 2.24) is 10.3 Å². The van der Waals surface area contributed by atoms with Gasteiger partial charge in [-0.3, -0.25) is 9.78 Å². The number of aromatic nitrogens is 1. The molecular weight excluding hydrogens is 432 g/mol. The summed E-state index contributed by atoms with van der Waals surface area (Å²) in [5.74, 6) is -0.283. The number of amides is 1. The molecule has 2 fully saturated rings. The number of pyridine rings is 1. The summed E-state index contributed by atoms with van der Waals surface area (Å²) in [5.41, 5.74) is 1.43. The Kier molecular flexibility index (Phi) is 5.38. The molecule has 3 aromatic rings. The zero-order chi connectivity index (χ0) is 23.2. The van der Waals surface area contributed by atoms with Crippen molar-refractivity contribution in [2.75, 3.05) is 0 Å². The number of rotatable bonds is 3. The van der Waals surface area contributed by atoms with Gasteiger partial charge in [0.25, 0.3) is 5.91 Å². The highest BCUT2D eigenvalue weighted by molar-refractivity contribution is 5.94. The molecule has 0 saturated heterocycles. The first-order valence-corrected chi connectivity index (χ1v) is 11.3. The number of hydrogen-bond acceptors (Lipinski definition) is 2. The predicted molar refractivity (Wildman–Crippen MR) is 117 cm³/mol. The number of nitrogens with one attached hydrogen (secondary N) is 1. The van der Waals surface area contributed by atoms with E-state index in [1.807, 2.05) is 6.07 Å². The molecule has 1 amide bonds. The monoisotopic (exact) mass is 456 g/mol. The van der Waals surface area contributed by atoms with Gasteiger partial charge in [0.1, 0.15) is 5.82 Å². The van der Waals surface area contributed by atoms with E-state index in [4.69, 9.17) is 0 Å². The first-order valence-electron chi connectivity index (χ1n) is 11.3. The fraction of sp³-hybridized carbons (Fsp3) is 0.385. The Morgan fingerprint density at radius 3 is 2.30 bits per heavy atom. The SMILES string of the molecule is O=C(N[C@H]1CC[C@]12CC[C@H](c1ccnc3ccc(F)cc31)CC2)c1ccc(C(F)(F)F)cc1. The Morgan fingerprint density at radius 2 is 1.67 bits per heavy atom. The molecule has 0 bridgehead atoms. The van der Waals surface area contributed by atoms with Gasteiger partial charge < -0.3 is 5.32 Å². The van der Waals surface area contributed by atoms with E-state index in [1.165, 1.54) is 18.2 Å². The molecule has 2 aromatic carbocycles. The molecule has 3 nitrogen and oxygen atoms in total. The molecule has 1 spiro atoms. The lowest BCUT2D eigenvalue weighted by molar-refractivity contribution is -0.137. The number of carbonyl (C=O) groups is 1. The van der Waals surface area contributed by atoms with Crippen molar-refractivity contribution in [3.8, 4) is 0 Å². The molecule has 1 aromatic heterocycles. The lowest BCUT2D eigenvalue weighted by Gasteiger charge is -2.53. The summed E-state index contributed by atoms with van der Waals surface area (Å²) in [6.07, 6.45) is 3.06. The van der Waals surface area contributed by atoms with Crippen molar-refractivity contribution in [2.24, 2.45) is 5.41 Å². The van der Waals surface area contributed by atoms with Gasteiger partial charge in [-0.15, -0.1) is 0 Å². The largest absolute Gasteiger partial charge is 0.416 e. The first-order chi connectivity index (χ1) is 15.7. The number of benzene rings is 2. The minimum atomic E-state index is -4.42. The van der Waals surface area contributed by atoms with Crippen molar-refractivity contribution in [3.05, 3.63) is 77.2 Å². The third-order valence-corrected chi connectivity index (χ3v) is 7.61. The number of alkyl halides is 3. The Hall–Kier alpha value is -2.96. The maximum Gasteiger partial charge on any atom is 0.416 e. The van der Waals surface area contributed by atoms with Gasteiger partial charge in [0.15, 0.2) is 0 Å². The Morgan fingerprint density at radius 1 is 0.970 bits per heavy atom. The van der Waals surface area contributed by atoms with E-state index in [9.17, 15) is 22.4 Å². The summed E-state index contributed by atoms with van der Waals surface area (Å²) >= 11 is 0. The minimum absolute atomic E-state index is 0.0277. The molecule has 2 saturated carbocycles. The lowest BCUT2D eigenvalue weighted by Crippen LogP contribution is -2.56. The van der Waals surface area contributed by atoms with Crippen LogP contribution >= 0.6 is 0 Å². The second kappa shape index (κ2) is 8.12. The van der Waals surface area contributed by atoms with Crippen molar-refractivity contribution in [2.45, 2.75) is 56.7 Å². The molecule has 5 rings (SSSR count).